The first-order chi connectivity index (χ1) is 6.27. The second kappa shape index (κ2) is 4.62. The average Bonchev–Trinajstić information content (AvgIpc) is 2.18. The third-order valence-electron chi connectivity index (χ3n) is 1.78. The Morgan fingerprint density at radius 2 is 2.15 bits per heavy atom. The van der Waals surface area contributed by atoms with Crippen molar-refractivity contribution in [3.8, 4) is 0 Å². The van der Waals surface area contributed by atoms with Crippen molar-refractivity contribution in [3.05, 3.63) is 29.8 Å². The van der Waals surface area contributed by atoms with Crippen molar-refractivity contribution in [2.24, 2.45) is 0 Å². The van der Waals surface area contributed by atoms with Gasteiger partial charge in [0.2, 0.25) is 5.91 Å². The van der Waals surface area contributed by atoms with Gasteiger partial charge in [-0.3, -0.25) is 4.79 Å². The molecule has 0 saturated heterocycles. The number of benzene rings is 1. The smallest absolute Gasteiger partial charge is 0.224 e. The van der Waals surface area contributed by atoms with Crippen LogP contribution in [0.2, 0.25) is 0 Å². The predicted molar refractivity (Wildman–Crippen MR) is 51.3 cm³/mol. The van der Waals surface area contributed by atoms with Crippen LogP contribution in [0.1, 0.15) is 18.9 Å². The fourth-order valence-electron chi connectivity index (χ4n) is 1.02. The van der Waals surface area contributed by atoms with Crippen LogP contribution in [0.5, 0.6) is 0 Å². The average molecular weight is 179 g/mol. The largest absolute Gasteiger partial charge is 0.392 e. The van der Waals surface area contributed by atoms with E-state index in [4.69, 9.17) is 5.11 Å². The first-order valence-corrected chi connectivity index (χ1v) is 4.26. The van der Waals surface area contributed by atoms with Crippen LogP contribution < -0.4 is 5.32 Å². The minimum atomic E-state index is -0.0554. The van der Waals surface area contributed by atoms with Crippen LogP contribution in [-0.4, -0.2) is 11.0 Å². The molecular weight excluding hydrogens is 166 g/mol. The maximum atomic E-state index is 11.1. The van der Waals surface area contributed by atoms with Gasteiger partial charge in [-0.15, -0.1) is 0 Å². The van der Waals surface area contributed by atoms with Crippen molar-refractivity contribution < 1.29 is 9.90 Å². The summed E-state index contributed by atoms with van der Waals surface area (Å²) in [6.45, 7) is 1.73. The monoisotopic (exact) mass is 179 g/mol. The number of amides is 1. The minimum absolute atomic E-state index is 0.0408. The highest BCUT2D eigenvalue weighted by Gasteiger charge is 2.02. The highest BCUT2D eigenvalue weighted by molar-refractivity contribution is 5.91. The van der Waals surface area contributed by atoms with Gasteiger partial charge in [-0.1, -0.05) is 25.1 Å². The SMILES string of the molecule is CCC(=O)Nc1ccccc1CO. The van der Waals surface area contributed by atoms with Crippen LogP contribution in [0.25, 0.3) is 0 Å². The number of carbonyl (C=O) groups is 1. The number of aliphatic hydroxyl groups is 1. The van der Waals surface area contributed by atoms with Crippen molar-refractivity contribution in [1.29, 1.82) is 0 Å². The molecule has 0 saturated carbocycles. The Labute approximate surface area is 77.4 Å². The highest BCUT2D eigenvalue weighted by atomic mass is 16.3. The van der Waals surface area contributed by atoms with Crippen molar-refractivity contribution in [2.75, 3.05) is 5.32 Å². The van der Waals surface area contributed by atoms with Gasteiger partial charge in [-0.2, -0.15) is 0 Å². The van der Waals surface area contributed by atoms with E-state index in [2.05, 4.69) is 5.32 Å². The summed E-state index contributed by atoms with van der Waals surface area (Å²) >= 11 is 0. The maximum absolute atomic E-state index is 11.1. The van der Waals surface area contributed by atoms with E-state index < -0.39 is 0 Å². The van der Waals surface area contributed by atoms with Crippen LogP contribution in [0.4, 0.5) is 5.69 Å². The molecule has 1 amide bonds. The first kappa shape index (κ1) is 9.74. The van der Waals surface area contributed by atoms with E-state index in [0.29, 0.717) is 12.1 Å². The number of anilines is 1. The van der Waals surface area contributed by atoms with E-state index in [0.717, 1.165) is 5.56 Å². The molecule has 0 aliphatic rings. The zero-order valence-electron chi connectivity index (χ0n) is 7.58. The minimum Gasteiger partial charge on any atom is -0.392 e. The summed E-state index contributed by atoms with van der Waals surface area (Å²) in [5.41, 5.74) is 1.43. The molecule has 1 aromatic rings. The summed E-state index contributed by atoms with van der Waals surface area (Å²) in [6, 6.07) is 7.21. The number of nitrogens with one attached hydrogen (secondary N) is 1. The fourth-order valence-corrected chi connectivity index (χ4v) is 1.02. The molecule has 0 aliphatic heterocycles. The van der Waals surface area contributed by atoms with Crippen LogP contribution in [0.3, 0.4) is 0 Å². The van der Waals surface area contributed by atoms with Crippen molar-refractivity contribution >= 4 is 11.6 Å². The summed E-state index contributed by atoms with van der Waals surface area (Å²) in [6.07, 6.45) is 0.444. The molecule has 0 atom stereocenters. The summed E-state index contributed by atoms with van der Waals surface area (Å²) in [4.78, 5) is 11.1. The Balaban J connectivity index is 2.81. The molecule has 2 N–H and O–H groups in total. The Morgan fingerprint density at radius 3 is 2.77 bits per heavy atom. The molecule has 0 spiro atoms. The lowest BCUT2D eigenvalue weighted by Crippen LogP contribution is -2.11. The quantitative estimate of drug-likeness (QED) is 0.739. The Morgan fingerprint density at radius 1 is 1.46 bits per heavy atom. The van der Waals surface area contributed by atoms with Gasteiger partial charge in [-0.05, 0) is 6.07 Å². The van der Waals surface area contributed by atoms with Gasteiger partial charge in [0.05, 0.1) is 6.61 Å². The van der Waals surface area contributed by atoms with Gasteiger partial charge in [-0.25, -0.2) is 0 Å². The number of hydrogen-bond acceptors (Lipinski definition) is 2. The van der Waals surface area contributed by atoms with Gasteiger partial charge in [0.1, 0.15) is 0 Å². The van der Waals surface area contributed by atoms with Crippen LogP contribution in [0.15, 0.2) is 24.3 Å². The summed E-state index contributed by atoms with van der Waals surface area (Å²) < 4.78 is 0. The van der Waals surface area contributed by atoms with E-state index in [1.165, 1.54) is 0 Å². The number of aliphatic hydroxyl groups excluding tert-OH is 1. The number of para-hydroxylation sites is 1. The molecule has 0 fully saturated rings. The molecule has 0 aliphatic carbocycles. The lowest BCUT2D eigenvalue weighted by molar-refractivity contribution is -0.115. The third kappa shape index (κ3) is 2.56. The highest BCUT2D eigenvalue weighted by Crippen LogP contribution is 2.14. The van der Waals surface area contributed by atoms with Gasteiger partial charge in [0.15, 0.2) is 0 Å². The van der Waals surface area contributed by atoms with Gasteiger partial charge >= 0.3 is 0 Å². The van der Waals surface area contributed by atoms with E-state index in [9.17, 15) is 4.79 Å². The summed E-state index contributed by atoms with van der Waals surface area (Å²) in [5.74, 6) is -0.0408. The molecule has 0 aromatic heterocycles. The topological polar surface area (TPSA) is 49.3 Å². The van der Waals surface area contributed by atoms with E-state index in [-0.39, 0.29) is 12.5 Å². The summed E-state index contributed by atoms with van der Waals surface area (Å²) in [5, 5.41) is 11.7. The van der Waals surface area contributed by atoms with Crippen molar-refractivity contribution in [1.82, 2.24) is 0 Å². The van der Waals surface area contributed by atoms with Gasteiger partial charge < -0.3 is 10.4 Å². The number of carbonyl (C=O) groups excluding carboxylic acids is 1. The Kier molecular flexibility index (Phi) is 3.46. The second-order valence-corrected chi connectivity index (χ2v) is 2.72. The molecule has 0 heterocycles. The van der Waals surface area contributed by atoms with Gasteiger partial charge in [0, 0.05) is 17.7 Å². The maximum Gasteiger partial charge on any atom is 0.224 e. The molecule has 1 aromatic carbocycles. The van der Waals surface area contributed by atoms with E-state index >= 15 is 0 Å². The van der Waals surface area contributed by atoms with E-state index in [1.54, 1.807) is 19.1 Å². The molecule has 3 heteroatoms. The lowest BCUT2D eigenvalue weighted by atomic mass is 10.2. The molecule has 1 rings (SSSR count). The molecule has 3 nitrogen and oxygen atoms in total. The first-order valence-electron chi connectivity index (χ1n) is 4.26. The Hall–Kier alpha value is -1.35. The fraction of sp³-hybridized carbons (Fsp3) is 0.300. The molecule has 13 heavy (non-hydrogen) atoms. The molecule has 0 unspecified atom stereocenters. The zero-order chi connectivity index (χ0) is 9.68. The lowest BCUT2D eigenvalue weighted by Gasteiger charge is -2.07. The van der Waals surface area contributed by atoms with Crippen LogP contribution >= 0.6 is 0 Å². The number of rotatable bonds is 3. The number of hydrogen-bond donors (Lipinski definition) is 2. The zero-order valence-corrected chi connectivity index (χ0v) is 7.58. The van der Waals surface area contributed by atoms with Gasteiger partial charge in [0.25, 0.3) is 0 Å². The van der Waals surface area contributed by atoms with Crippen LogP contribution in [0, 0.1) is 0 Å². The summed E-state index contributed by atoms with van der Waals surface area (Å²) in [7, 11) is 0. The normalized spacial score (nSPS) is 9.69. The van der Waals surface area contributed by atoms with E-state index in [1.807, 2.05) is 12.1 Å². The van der Waals surface area contributed by atoms with Crippen LogP contribution in [-0.2, 0) is 11.4 Å². The molecule has 0 bridgehead atoms. The molecular formula is C10H13NO2. The van der Waals surface area contributed by atoms with Crippen molar-refractivity contribution in [2.45, 2.75) is 20.0 Å². The third-order valence-corrected chi connectivity index (χ3v) is 1.78. The Bertz CT molecular complexity index is 297. The molecule has 0 radical (unpaired) electrons. The molecule has 70 valence electrons. The van der Waals surface area contributed by atoms with Crippen molar-refractivity contribution in [3.63, 3.8) is 0 Å². The predicted octanol–water partition coefficient (Wildman–Crippen LogP) is 1.53. The standard InChI is InChI=1S/C10H13NO2/c1-2-10(13)11-9-6-4-3-5-8(9)7-12/h3-6,12H,2,7H2,1H3,(H,11,13). The second-order valence-electron chi connectivity index (χ2n) is 2.72.